The first-order chi connectivity index (χ1) is 8.29. The Bertz CT molecular complexity index is 602. The summed E-state index contributed by atoms with van der Waals surface area (Å²) in [7, 11) is -3.69. The number of primary sulfonamides is 1. The van der Waals surface area contributed by atoms with Crippen molar-refractivity contribution in [2.45, 2.75) is 18.6 Å². The van der Waals surface area contributed by atoms with Crippen LogP contribution in [-0.2, 0) is 14.8 Å². The number of anilines is 1. The first kappa shape index (κ1) is 13.4. The van der Waals surface area contributed by atoms with Crippen molar-refractivity contribution in [1.82, 2.24) is 4.98 Å². The zero-order chi connectivity index (χ0) is 13.5. The summed E-state index contributed by atoms with van der Waals surface area (Å²) in [6.45, 7) is 1.86. The number of amides is 1. The summed E-state index contributed by atoms with van der Waals surface area (Å²) >= 11 is 3.31. The van der Waals surface area contributed by atoms with Crippen LogP contribution in [0.3, 0.4) is 0 Å². The molecule has 8 heteroatoms. The molecule has 2 N–H and O–H groups in total. The Morgan fingerprint density at radius 2 is 2.17 bits per heavy atom. The summed E-state index contributed by atoms with van der Waals surface area (Å²) in [6.07, 6.45) is -0.0877. The fraction of sp³-hybridized carbons (Fsp3) is 0.400. The average Bonchev–Trinajstić information content (AvgIpc) is 2.64. The second-order valence-electron chi connectivity index (χ2n) is 4.16. The van der Waals surface area contributed by atoms with Crippen molar-refractivity contribution in [3.05, 3.63) is 22.3 Å². The Morgan fingerprint density at radius 1 is 1.50 bits per heavy atom. The summed E-state index contributed by atoms with van der Waals surface area (Å²) in [5.41, 5.74) is 0.736. The van der Waals surface area contributed by atoms with Gasteiger partial charge < -0.3 is 0 Å². The molecular weight excluding hydrogens is 322 g/mol. The van der Waals surface area contributed by atoms with Crippen LogP contribution in [0.2, 0.25) is 0 Å². The molecule has 2 heterocycles. The van der Waals surface area contributed by atoms with E-state index in [1.807, 2.05) is 0 Å². The van der Waals surface area contributed by atoms with Crippen LogP contribution in [0.4, 0.5) is 5.82 Å². The van der Waals surface area contributed by atoms with Gasteiger partial charge in [0.25, 0.3) is 0 Å². The number of aryl methyl sites for hydroxylation is 1. The standard InChI is InChI=1S/C10H12BrN3O3S/c1-6-8(11)2-3-9(13-6)14-5-7(4-10(14)15)18(12,16)17/h2-3,7H,4-5H2,1H3,(H2,12,16,17). The van der Waals surface area contributed by atoms with E-state index in [0.29, 0.717) is 5.82 Å². The molecule has 1 amide bonds. The first-order valence-corrected chi connectivity index (χ1v) is 7.64. The third kappa shape index (κ3) is 2.55. The molecule has 1 atom stereocenters. The van der Waals surface area contributed by atoms with Crippen molar-refractivity contribution >= 4 is 37.7 Å². The molecule has 1 saturated heterocycles. The Balaban J connectivity index is 2.30. The maximum absolute atomic E-state index is 11.8. The van der Waals surface area contributed by atoms with Crippen LogP contribution in [0.25, 0.3) is 0 Å². The lowest BCUT2D eigenvalue weighted by molar-refractivity contribution is -0.117. The molecule has 1 aliphatic heterocycles. The van der Waals surface area contributed by atoms with E-state index in [4.69, 9.17) is 5.14 Å². The Labute approximate surface area is 113 Å². The lowest BCUT2D eigenvalue weighted by atomic mass is 10.3. The van der Waals surface area contributed by atoms with Gasteiger partial charge in [0.15, 0.2) is 0 Å². The highest BCUT2D eigenvalue weighted by molar-refractivity contribution is 9.10. The van der Waals surface area contributed by atoms with Gasteiger partial charge in [0.1, 0.15) is 11.1 Å². The van der Waals surface area contributed by atoms with Crippen LogP contribution in [-0.4, -0.2) is 31.1 Å². The van der Waals surface area contributed by atoms with E-state index in [-0.39, 0.29) is 18.9 Å². The monoisotopic (exact) mass is 333 g/mol. The summed E-state index contributed by atoms with van der Waals surface area (Å²) < 4.78 is 23.3. The van der Waals surface area contributed by atoms with Crippen molar-refractivity contribution in [3.63, 3.8) is 0 Å². The zero-order valence-corrected chi connectivity index (χ0v) is 12.0. The summed E-state index contributed by atoms with van der Waals surface area (Å²) in [6, 6.07) is 3.44. The van der Waals surface area contributed by atoms with Crippen LogP contribution < -0.4 is 10.0 Å². The molecule has 1 aromatic heterocycles. The number of sulfonamides is 1. The van der Waals surface area contributed by atoms with Crippen LogP contribution in [0.5, 0.6) is 0 Å². The number of aromatic nitrogens is 1. The second kappa shape index (κ2) is 4.60. The predicted octanol–water partition coefficient (Wildman–Crippen LogP) is 0.546. The van der Waals surface area contributed by atoms with Crippen molar-refractivity contribution in [1.29, 1.82) is 0 Å². The molecule has 0 saturated carbocycles. The lowest BCUT2D eigenvalue weighted by Crippen LogP contribution is -2.32. The maximum Gasteiger partial charge on any atom is 0.229 e. The fourth-order valence-electron chi connectivity index (χ4n) is 1.80. The first-order valence-electron chi connectivity index (χ1n) is 5.24. The van der Waals surface area contributed by atoms with E-state index in [2.05, 4.69) is 20.9 Å². The van der Waals surface area contributed by atoms with Crippen molar-refractivity contribution in [2.75, 3.05) is 11.4 Å². The number of rotatable bonds is 2. The summed E-state index contributed by atoms with van der Waals surface area (Å²) in [5.74, 6) is 0.176. The number of nitrogens with zero attached hydrogens (tertiary/aromatic N) is 2. The van der Waals surface area contributed by atoms with E-state index in [0.717, 1.165) is 10.2 Å². The molecule has 1 aliphatic rings. The van der Waals surface area contributed by atoms with E-state index >= 15 is 0 Å². The third-order valence-electron chi connectivity index (χ3n) is 2.84. The van der Waals surface area contributed by atoms with Crippen molar-refractivity contribution in [3.8, 4) is 0 Å². The molecule has 1 fully saturated rings. The SMILES string of the molecule is Cc1nc(N2CC(S(N)(=O)=O)CC2=O)ccc1Br. The molecule has 0 aromatic carbocycles. The highest BCUT2D eigenvalue weighted by atomic mass is 79.9. The Kier molecular flexibility index (Phi) is 3.43. The number of hydrogen-bond donors (Lipinski definition) is 1. The van der Waals surface area contributed by atoms with Gasteiger partial charge in [0.05, 0.1) is 5.69 Å². The molecule has 18 heavy (non-hydrogen) atoms. The highest BCUT2D eigenvalue weighted by Gasteiger charge is 2.37. The van der Waals surface area contributed by atoms with Gasteiger partial charge in [-0.05, 0) is 35.0 Å². The van der Waals surface area contributed by atoms with Crippen LogP contribution in [0, 0.1) is 6.92 Å². The van der Waals surface area contributed by atoms with Gasteiger partial charge in [-0.15, -0.1) is 0 Å². The minimum Gasteiger partial charge on any atom is -0.295 e. The van der Waals surface area contributed by atoms with Gasteiger partial charge in [-0.25, -0.2) is 18.5 Å². The lowest BCUT2D eigenvalue weighted by Gasteiger charge is -2.15. The smallest absolute Gasteiger partial charge is 0.229 e. The quantitative estimate of drug-likeness (QED) is 0.854. The Hall–Kier alpha value is -0.990. The van der Waals surface area contributed by atoms with E-state index < -0.39 is 15.3 Å². The molecule has 2 rings (SSSR count). The predicted molar refractivity (Wildman–Crippen MR) is 70.5 cm³/mol. The molecule has 6 nitrogen and oxygen atoms in total. The van der Waals surface area contributed by atoms with Crippen molar-refractivity contribution in [2.24, 2.45) is 5.14 Å². The second-order valence-corrected chi connectivity index (χ2v) is 6.86. The largest absolute Gasteiger partial charge is 0.295 e. The normalized spacial score (nSPS) is 20.5. The number of carbonyl (C=O) groups is 1. The summed E-state index contributed by atoms with van der Waals surface area (Å²) in [5, 5.41) is 4.21. The molecule has 0 spiro atoms. The number of halogens is 1. The highest BCUT2D eigenvalue weighted by Crippen LogP contribution is 2.25. The number of pyridine rings is 1. The van der Waals surface area contributed by atoms with E-state index in [1.54, 1.807) is 19.1 Å². The molecule has 0 bridgehead atoms. The minimum atomic E-state index is -3.69. The number of hydrogen-bond acceptors (Lipinski definition) is 4. The van der Waals surface area contributed by atoms with Crippen molar-refractivity contribution < 1.29 is 13.2 Å². The molecule has 1 aromatic rings. The van der Waals surface area contributed by atoms with Gasteiger partial charge in [-0.3, -0.25) is 9.69 Å². The summed E-state index contributed by atoms with van der Waals surface area (Å²) in [4.78, 5) is 17.4. The van der Waals surface area contributed by atoms with Gasteiger partial charge >= 0.3 is 0 Å². The van der Waals surface area contributed by atoms with E-state index in [9.17, 15) is 13.2 Å². The third-order valence-corrected chi connectivity index (χ3v) is 4.92. The Morgan fingerprint density at radius 3 is 2.67 bits per heavy atom. The van der Waals surface area contributed by atoms with Gasteiger partial charge in [0, 0.05) is 17.4 Å². The van der Waals surface area contributed by atoms with Crippen LogP contribution in [0.15, 0.2) is 16.6 Å². The topological polar surface area (TPSA) is 93.4 Å². The average molecular weight is 334 g/mol. The molecule has 0 radical (unpaired) electrons. The number of carbonyl (C=O) groups excluding carboxylic acids is 1. The fourth-order valence-corrected chi connectivity index (χ4v) is 2.75. The molecule has 1 unspecified atom stereocenters. The molecular formula is C10H12BrN3O3S. The number of nitrogens with two attached hydrogens (primary N) is 1. The molecule has 98 valence electrons. The van der Waals surface area contributed by atoms with Gasteiger partial charge in [-0.2, -0.15) is 0 Å². The van der Waals surface area contributed by atoms with Gasteiger partial charge in [0.2, 0.25) is 15.9 Å². The molecule has 0 aliphatic carbocycles. The van der Waals surface area contributed by atoms with Crippen LogP contribution in [0.1, 0.15) is 12.1 Å². The van der Waals surface area contributed by atoms with Crippen LogP contribution >= 0.6 is 15.9 Å². The minimum absolute atomic E-state index is 0.0612. The zero-order valence-electron chi connectivity index (χ0n) is 9.63. The maximum atomic E-state index is 11.8. The van der Waals surface area contributed by atoms with E-state index in [1.165, 1.54) is 4.90 Å². The van der Waals surface area contributed by atoms with Gasteiger partial charge in [-0.1, -0.05) is 0 Å².